The van der Waals surface area contributed by atoms with Crippen molar-refractivity contribution in [2.24, 2.45) is 0 Å². The van der Waals surface area contributed by atoms with Gasteiger partial charge in [0.15, 0.2) is 0 Å². The van der Waals surface area contributed by atoms with Crippen LogP contribution in [-0.4, -0.2) is 37.5 Å². The number of hydrogen-bond acceptors (Lipinski definition) is 2. The van der Waals surface area contributed by atoms with Gasteiger partial charge >= 0.3 is 0 Å². The van der Waals surface area contributed by atoms with E-state index in [1.165, 1.54) is 16.8 Å². The van der Waals surface area contributed by atoms with E-state index in [0.29, 0.717) is 12.5 Å². The Morgan fingerprint density at radius 2 is 1.94 bits per heavy atom. The molecule has 0 aliphatic carbocycles. The van der Waals surface area contributed by atoms with E-state index in [4.69, 9.17) is 0 Å². The van der Waals surface area contributed by atoms with Crippen LogP contribution in [0, 0.1) is 6.92 Å². The second-order valence-electron chi connectivity index (χ2n) is 5.40. The molecule has 2 rings (SSSR count). The Balaban J connectivity index is 2.36. The summed E-state index contributed by atoms with van der Waals surface area (Å²) in [7, 11) is 1.88. The average molecular weight is 246 g/mol. The van der Waals surface area contributed by atoms with Crippen molar-refractivity contribution >= 4 is 11.6 Å². The lowest BCUT2D eigenvalue weighted by atomic mass is 9.97. The zero-order valence-electron chi connectivity index (χ0n) is 11.7. The molecule has 1 heterocycles. The molecule has 0 aromatic heterocycles. The van der Waals surface area contributed by atoms with Crippen LogP contribution in [0.2, 0.25) is 0 Å². The summed E-state index contributed by atoms with van der Waals surface area (Å²) in [5.41, 5.74) is 3.86. The number of carbonyl (C=O) groups is 1. The van der Waals surface area contributed by atoms with Crippen LogP contribution in [0.1, 0.15) is 30.9 Å². The van der Waals surface area contributed by atoms with Gasteiger partial charge in [0.05, 0.1) is 6.54 Å². The molecule has 0 unspecified atom stereocenters. The summed E-state index contributed by atoms with van der Waals surface area (Å²) in [5.74, 6) is 0.689. The van der Waals surface area contributed by atoms with Gasteiger partial charge in [-0.1, -0.05) is 32.0 Å². The molecule has 1 aliphatic rings. The highest BCUT2D eigenvalue weighted by Crippen LogP contribution is 2.31. The third-order valence-corrected chi connectivity index (χ3v) is 3.66. The molecule has 1 amide bonds. The SMILES string of the molecule is Cc1cccc(C(C)C)c1N1CCN(C)C(=O)C1. The highest BCUT2D eigenvalue weighted by molar-refractivity contribution is 5.83. The molecular formula is C15H22N2O. The van der Waals surface area contributed by atoms with Crippen LogP contribution in [0.25, 0.3) is 0 Å². The third kappa shape index (κ3) is 2.35. The van der Waals surface area contributed by atoms with Crippen molar-refractivity contribution in [3.63, 3.8) is 0 Å². The van der Waals surface area contributed by atoms with Gasteiger partial charge in [0, 0.05) is 25.8 Å². The molecule has 18 heavy (non-hydrogen) atoms. The van der Waals surface area contributed by atoms with E-state index in [0.717, 1.165) is 13.1 Å². The number of rotatable bonds is 2. The van der Waals surface area contributed by atoms with E-state index >= 15 is 0 Å². The zero-order chi connectivity index (χ0) is 13.3. The molecular weight excluding hydrogens is 224 g/mol. The molecule has 1 aromatic carbocycles. The fourth-order valence-electron chi connectivity index (χ4n) is 2.53. The molecule has 0 N–H and O–H groups in total. The van der Waals surface area contributed by atoms with Crippen LogP contribution in [-0.2, 0) is 4.79 Å². The Morgan fingerprint density at radius 1 is 1.22 bits per heavy atom. The first-order valence-corrected chi connectivity index (χ1v) is 6.59. The summed E-state index contributed by atoms with van der Waals surface area (Å²) in [4.78, 5) is 15.9. The second-order valence-corrected chi connectivity index (χ2v) is 5.40. The number of benzene rings is 1. The summed E-state index contributed by atoms with van der Waals surface area (Å²) in [6, 6.07) is 6.41. The molecule has 0 atom stereocenters. The van der Waals surface area contributed by atoms with Gasteiger partial charge in [0.2, 0.25) is 5.91 Å². The maximum absolute atomic E-state index is 11.9. The highest BCUT2D eigenvalue weighted by Gasteiger charge is 2.24. The minimum Gasteiger partial charge on any atom is -0.360 e. The van der Waals surface area contributed by atoms with Gasteiger partial charge in [-0.05, 0) is 24.0 Å². The van der Waals surface area contributed by atoms with Crippen molar-refractivity contribution in [3.8, 4) is 0 Å². The maximum Gasteiger partial charge on any atom is 0.241 e. The third-order valence-electron chi connectivity index (χ3n) is 3.66. The van der Waals surface area contributed by atoms with Gasteiger partial charge in [-0.25, -0.2) is 0 Å². The lowest BCUT2D eigenvalue weighted by molar-refractivity contribution is -0.129. The predicted molar refractivity (Wildman–Crippen MR) is 75.1 cm³/mol. The Labute approximate surface area is 109 Å². The molecule has 1 fully saturated rings. The number of hydrogen-bond donors (Lipinski definition) is 0. The van der Waals surface area contributed by atoms with Crippen LogP contribution in [0.3, 0.4) is 0 Å². The summed E-state index contributed by atoms with van der Waals surface area (Å²) >= 11 is 0. The molecule has 0 bridgehead atoms. The normalized spacial score (nSPS) is 16.6. The van der Waals surface area contributed by atoms with E-state index in [1.807, 2.05) is 11.9 Å². The van der Waals surface area contributed by atoms with E-state index in [-0.39, 0.29) is 5.91 Å². The van der Waals surface area contributed by atoms with E-state index in [1.54, 1.807) is 0 Å². The average Bonchev–Trinajstić information content (AvgIpc) is 2.32. The topological polar surface area (TPSA) is 23.6 Å². The number of piperazine rings is 1. The van der Waals surface area contributed by atoms with Crippen molar-refractivity contribution in [2.45, 2.75) is 26.7 Å². The number of aryl methyl sites for hydroxylation is 1. The van der Waals surface area contributed by atoms with Gasteiger partial charge in [-0.2, -0.15) is 0 Å². The van der Waals surface area contributed by atoms with Crippen LogP contribution >= 0.6 is 0 Å². The molecule has 1 aromatic rings. The first-order valence-electron chi connectivity index (χ1n) is 6.59. The largest absolute Gasteiger partial charge is 0.360 e. The van der Waals surface area contributed by atoms with Crippen molar-refractivity contribution in [3.05, 3.63) is 29.3 Å². The molecule has 1 saturated heterocycles. The Kier molecular flexibility index (Phi) is 3.60. The maximum atomic E-state index is 11.9. The number of nitrogens with zero attached hydrogens (tertiary/aromatic N) is 2. The summed E-state index contributed by atoms with van der Waals surface area (Å²) in [5, 5.41) is 0. The van der Waals surface area contributed by atoms with E-state index in [9.17, 15) is 4.79 Å². The van der Waals surface area contributed by atoms with Crippen molar-refractivity contribution in [1.29, 1.82) is 0 Å². The van der Waals surface area contributed by atoms with Crippen LogP contribution in [0.5, 0.6) is 0 Å². The van der Waals surface area contributed by atoms with Crippen molar-refractivity contribution in [1.82, 2.24) is 4.90 Å². The van der Waals surface area contributed by atoms with Crippen molar-refractivity contribution < 1.29 is 4.79 Å². The number of likely N-dealkylation sites (N-methyl/N-ethyl adjacent to an activating group) is 1. The Bertz CT molecular complexity index is 454. The first-order chi connectivity index (χ1) is 8.50. The lowest BCUT2D eigenvalue weighted by Crippen LogP contribution is -2.49. The lowest BCUT2D eigenvalue weighted by Gasteiger charge is -2.36. The Morgan fingerprint density at radius 3 is 2.56 bits per heavy atom. The second kappa shape index (κ2) is 5.01. The van der Waals surface area contributed by atoms with Gasteiger partial charge < -0.3 is 9.80 Å². The molecule has 0 saturated carbocycles. The number of amides is 1. The minimum atomic E-state index is 0.208. The fraction of sp³-hybridized carbons (Fsp3) is 0.533. The van der Waals surface area contributed by atoms with Gasteiger partial charge in [0.1, 0.15) is 0 Å². The molecule has 0 radical (unpaired) electrons. The smallest absolute Gasteiger partial charge is 0.241 e. The monoisotopic (exact) mass is 246 g/mol. The van der Waals surface area contributed by atoms with Gasteiger partial charge in [0.25, 0.3) is 0 Å². The van der Waals surface area contributed by atoms with Crippen LogP contribution in [0.4, 0.5) is 5.69 Å². The van der Waals surface area contributed by atoms with Crippen molar-refractivity contribution in [2.75, 3.05) is 31.6 Å². The molecule has 3 nitrogen and oxygen atoms in total. The van der Waals surface area contributed by atoms with E-state index in [2.05, 4.69) is 43.9 Å². The summed E-state index contributed by atoms with van der Waals surface area (Å²) in [6.45, 7) is 8.77. The fourth-order valence-corrected chi connectivity index (χ4v) is 2.53. The minimum absolute atomic E-state index is 0.208. The molecule has 1 aliphatic heterocycles. The quantitative estimate of drug-likeness (QED) is 0.800. The molecule has 3 heteroatoms. The standard InChI is InChI=1S/C15H22N2O/c1-11(2)13-7-5-6-12(3)15(13)17-9-8-16(4)14(18)10-17/h5-7,11H,8-10H2,1-4H3. The molecule has 98 valence electrons. The number of anilines is 1. The summed E-state index contributed by atoms with van der Waals surface area (Å²) in [6.07, 6.45) is 0. The zero-order valence-corrected chi connectivity index (χ0v) is 11.7. The van der Waals surface area contributed by atoms with Crippen LogP contribution in [0.15, 0.2) is 18.2 Å². The van der Waals surface area contributed by atoms with E-state index < -0.39 is 0 Å². The van der Waals surface area contributed by atoms with Crippen LogP contribution < -0.4 is 4.90 Å². The number of carbonyl (C=O) groups excluding carboxylic acids is 1. The highest BCUT2D eigenvalue weighted by atomic mass is 16.2. The Hall–Kier alpha value is -1.51. The first kappa shape index (κ1) is 12.9. The molecule has 0 spiro atoms. The van der Waals surface area contributed by atoms with Gasteiger partial charge in [-0.15, -0.1) is 0 Å². The van der Waals surface area contributed by atoms with Gasteiger partial charge in [-0.3, -0.25) is 4.79 Å². The summed E-state index contributed by atoms with van der Waals surface area (Å²) < 4.78 is 0. The number of para-hydroxylation sites is 1. The predicted octanol–water partition coefficient (Wildman–Crippen LogP) is 2.40.